The Labute approximate surface area is 160 Å². The highest BCUT2D eigenvalue weighted by Gasteiger charge is 2.43. The molecular weight excluding hydrogens is 381 g/mol. The zero-order chi connectivity index (χ0) is 20.3. The monoisotopic (exact) mass is 406 g/mol. The van der Waals surface area contributed by atoms with Crippen LogP contribution in [0.1, 0.15) is 37.1 Å². The first-order chi connectivity index (χ1) is 13.2. The summed E-state index contributed by atoms with van der Waals surface area (Å²) in [5, 5.41) is 11.3. The first kappa shape index (κ1) is 21.1. The number of nitrogens with zero attached hydrogens (tertiary/aromatic N) is 2. The Morgan fingerprint density at radius 2 is 2.07 bits per heavy atom. The quantitative estimate of drug-likeness (QED) is 0.805. The molecule has 2 aliphatic carbocycles. The number of aromatic nitrogens is 1. The van der Waals surface area contributed by atoms with Crippen molar-refractivity contribution in [2.75, 3.05) is 19.8 Å². The van der Waals surface area contributed by atoms with Crippen molar-refractivity contribution in [3.05, 3.63) is 17.5 Å². The van der Waals surface area contributed by atoms with Crippen LogP contribution < -0.4 is 0 Å². The number of ether oxygens (including phenoxy) is 2. The van der Waals surface area contributed by atoms with Crippen molar-refractivity contribution in [3.63, 3.8) is 0 Å². The molecule has 3 atom stereocenters. The lowest BCUT2D eigenvalue weighted by atomic mass is 10.1. The maximum Gasteiger partial charge on any atom is 0.490 e. The van der Waals surface area contributed by atoms with Gasteiger partial charge in [-0.25, -0.2) is 4.79 Å². The second-order valence-corrected chi connectivity index (χ2v) is 7.50. The number of carbonyl (C=O) groups is 1. The fourth-order valence-electron chi connectivity index (χ4n) is 3.61. The van der Waals surface area contributed by atoms with E-state index in [0.717, 1.165) is 56.5 Å². The number of carboxylic acids is 1. The van der Waals surface area contributed by atoms with E-state index in [2.05, 4.69) is 10.1 Å². The van der Waals surface area contributed by atoms with E-state index in [0.29, 0.717) is 6.04 Å². The molecule has 1 saturated heterocycles. The van der Waals surface area contributed by atoms with Gasteiger partial charge in [0.1, 0.15) is 5.76 Å². The molecule has 4 rings (SSSR count). The normalized spacial score (nSPS) is 27.8. The molecule has 3 unspecified atom stereocenters. The van der Waals surface area contributed by atoms with Crippen molar-refractivity contribution < 1.29 is 37.1 Å². The second kappa shape index (κ2) is 8.79. The Bertz CT molecular complexity index is 662. The summed E-state index contributed by atoms with van der Waals surface area (Å²) in [6.07, 6.45) is 0.403. The number of carboxylic acid groups (broad SMARTS) is 1. The minimum atomic E-state index is -5.08. The highest BCUT2D eigenvalue weighted by atomic mass is 19.4. The number of aryl methyl sites for hydroxylation is 1. The zero-order valence-corrected chi connectivity index (χ0v) is 15.7. The van der Waals surface area contributed by atoms with Crippen LogP contribution in [0.3, 0.4) is 0 Å². The molecule has 0 amide bonds. The van der Waals surface area contributed by atoms with Gasteiger partial charge in [0, 0.05) is 31.8 Å². The van der Waals surface area contributed by atoms with Crippen molar-refractivity contribution in [2.45, 2.75) is 63.6 Å². The third-order valence-corrected chi connectivity index (χ3v) is 5.18. The fraction of sp³-hybridized carbons (Fsp3) is 0.778. The van der Waals surface area contributed by atoms with Gasteiger partial charge < -0.3 is 19.1 Å². The summed E-state index contributed by atoms with van der Waals surface area (Å²) >= 11 is 0. The third-order valence-electron chi connectivity index (χ3n) is 5.18. The summed E-state index contributed by atoms with van der Waals surface area (Å²) in [7, 11) is 0. The van der Waals surface area contributed by atoms with E-state index < -0.39 is 12.1 Å². The summed E-state index contributed by atoms with van der Waals surface area (Å²) in [6, 6.07) is 2.49. The van der Waals surface area contributed by atoms with Crippen LogP contribution in [0, 0.1) is 12.8 Å². The number of rotatable bonds is 5. The molecule has 1 aliphatic heterocycles. The Morgan fingerprint density at radius 3 is 2.64 bits per heavy atom. The second-order valence-electron chi connectivity index (χ2n) is 7.50. The fourth-order valence-corrected chi connectivity index (χ4v) is 3.61. The SMILES string of the molecule is Cc1cc(CN2CCOC3CCC2C3OCC2CC2)no1.O=C(O)C(F)(F)F. The van der Waals surface area contributed by atoms with E-state index in [1.54, 1.807) is 0 Å². The molecule has 2 heterocycles. The molecule has 0 spiro atoms. The summed E-state index contributed by atoms with van der Waals surface area (Å²) < 4.78 is 49.2. The van der Waals surface area contributed by atoms with Crippen molar-refractivity contribution in [1.82, 2.24) is 10.1 Å². The number of alkyl halides is 3. The van der Waals surface area contributed by atoms with E-state index in [-0.39, 0.29) is 12.2 Å². The first-order valence-corrected chi connectivity index (χ1v) is 9.43. The molecule has 1 aromatic heterocycles. The summed E-state index contributed by atoms with van der Waals surface area (Å²) in [5.74, 6) is -1.08. The van der Waals surface area contributed by atoms with Gasteiger partial charge in [0.15, 0.2) is 0 Å². The van der Waals surface area contributed by atoms with E-state index in [9.17, 15) is 13.2 Å². The third kappa shape index (κ3) is 5.68. The largest absolute Gasteiger partial charge is 0.490 e. The van der Waals surface area contributed by atoms with Gasteiger partial charge in [0.25, 0.3) is 0 Å². The van der Waals surface area contributed by atoms with Crippen molar-refractivity contribution in [2.24, 2.45) is 5.92 Å². The molecule has 28 heavy (non-hydrogen) atoms. The molecule has 0 aromatic carbocycles. The number of halogens is 3. The van der Waals surface area contributed by atoms with Crippen LogP contribution in [0.2, 0.25) is 0 Å². The van der Waals surface area contributed by atoms with Gasteiger partial charge in [-0.2, -0.15) is 13.2 Å². The van der Waals surface area contributed by atoms with E-state index in [1.165, 1.54) is 12.8 Å². The molecule has 2 saturated carbocycles. The molecular formula is C18H25F3N2O5. The number of hydrogen-bond donors (Lipinski definition) is 1. The topological polar surface area (TPSA) is 85.0 Å². The maximum absolute atomic E-state index is 10.6. The summed E-state index contributed by atoms with van der Waals surface area (Å²) in [4.78, 5) is 11.4. The van der Waals surface area contributed by atoms with Crippen LogP contribution in [0.5, 0.6) is 0 Å². The standard InChI is InChI=1S/C16H24N2O3.C2HF3O2/c1-11-8-13(17-21-11)9-18-6-7-19-15-5-4-14(18)16(15)20-10-12-2-3-12;3-2(4,5)1(6)7/h8,12,14-16H,2-7,9-10H2,1H3;(H,6,7). The molecule has 3 aliphatic rings. The Balaban J connectivity index is 0.000000279. The number of fused-ring (bicyclic) bond motifs is 2. The van der Waals surface area contributed by atoms with Crippen LogP contribution in [0.25, 0.3) is 0 Å². The molecule has 10 heteroatoms. The van der Waals surface area contributed by atoms with Crippen molar-refractivity contribution in [1.29, 1.82) is 0 Å². The van der Waals surface area contributed by atoms with Crippen LogP contribution >= 0.6 is 0 Å². The van der Waals surface area contributed by atoms with E-state index >= 15 is 0 Å². The average Bonchev–Trinajstić information content (AvgIpc) is 3.25. The van der Waals surface area contributed by atoms with Gasteiger partial charge in [-0.15, -0.1) is 0 Å². The van der Waals surface area contributed by atoms with E-state index in [1.807, 2.05) is 13.0 Å². The Hall–Kier alpha value is -1.65. The van der Waals surface area contributed by atoms with Gasteiger partial charge in [0.05, 0.1) is 24.5 Å². The first-order valence-electron chi connectivity index (χ1n) is 9.43. The Kier molecular flexibility index (Phi) is 6.61. The molecule has 3 fully saturated rings. The van der Waals surface area contributed by atoms with Crippen LogP contribution in [-0.4, -0.2) is 65.3 Å². The van der Waals surface area contributed by atoms with Gasteiger partial charge in [-0.3, -0.25) is 4.90 Å². The summed E-state index contributed by atoms with van der Waals surface area (Å²) in [6.45, 7) is 5.44. The van der Waals surface area contributed by atoms with Gasteiger partial charge in [0.2, 0.25) is 0 Å². The highest BCUT2D eigenvalue weighted by molar-refractivity contribution is 5.73. The number of aliphatic carboxylic acids is 1. The molecule has 1 N–H and O–H groups in total. The maximum atomic E-state index is 10.6. The van der Waals surface area contributed by atoms with Crippen LogP contribution in [0.15, 0.2) is 10.6 Å². The van der Waals surface area contributed by atoms with Gasteiger partial charge in [-0.1, -0.05) is 5.16 Å². The minimum Gasteiger partial charge on any atom is -0.475 e. The van der Waals surface area contributed by atoms with Crippen molar-refractivity contribution in [3.8, 4) is 0 Å². The predicted octanol–water partition coefficient (Wildman–Crippen LogP) is 2.77. The molecule has 158 valence electrons. The average molecular weight is 406 g/mol. The molecule has 0 radical (unpaired) electrons. The van der Waals surface area contributed by atoms with Gasteiger partial charge in [-0.05, 0) is 38.5 Å². The van der Waals surface area contributed by atoms with Gasteiger partial charge >= 0.3 is 12.1 Å². The zero-order valence-electron chi connectivity index (χ0n) is 15.7. The summed E-state index contributed by atoms with van der Waals surface area (Å²) in [5.41, 5.74) is 1.01. The predicted molar refractivity (Wildman–Crippen MR) is 90.6 cm³/mol. The lowest BCUT2D eigenvalue weighted by Crippen LogP contribution is -2.43. The molecule has 7 nitrogen and oxygen atoms in total. The lowest BCUT2D eigenvalue weighted by molar-refractivity contribution is -0.192. The minimum absolute atomic E-state index is 0.237. The van der Waals surface area contributed by atoms with Crippen LogP contribution in [-0.2, 0) is 20.8 Å². The van der Waals surface area contributed by atoms with Crippen molar-refractivity contribution >= 4 is 5.97 Å². The molecule has 1 aromatic rings. The van der Waals surface area contributed by atoms with Crippen LogP contribution in [0.4, 0.5) is 13.2 Å². The highest BCUT2D eigenvalue weighted by Crippen LogP contribution is 2.35. The number of hydrogen-bond acceptors (Lipinski definition) is 6. The smallest absolute Gasteiger partial charge is 0.475 e. The Morgan fingerprint density at radius 1 is 1.36 bits per heavy atom. The van der Waals surface area contributed by atoms with E-state index in [4.69, 9.17) is 23.9 Å². The lowest BCUT2D eigenvalue weighted by Gasteiger charge is -2.30. The molecule has 2 bridgehead atoms.